The summed E-state index contributed by atoms with van der Waals surface area (Å²) < 4.78 is 0. The van der Waals surface area contributed by atoms with E-state index in [1.54, 1.807) is 0 Å². The Kier molecular flexibility index (Phi) is 8.91. The lowest BCUT2D eigenvalue weighted by molar-refractivity contribution is -0.117. The summed E-state index contributed by atoms with van der Waals surface area (Å²) in [6, 6.07) is 0.394. The van der Waals surface area contributed by atoms with E-state index < -0.39 is 0 Å². The quantitative estimate of drug-likeness (QED) is 0.406. The van der Waals surface area contributed by atoms with Crippen LogP contribution in [0.1, 0.15) is 96.8 Å². The van der Waals surface area contributed by atoms with Crippen molar-refractivity contribution in [1.82, 2.24) is 5.32 Å². The van der Waals surface area contributed by atoms with Crippen LogP contribution in [0.15, 0.2) is 12.7 Å². The van der Waals surface area contributed by atoms with Gasteiger partial charge in [0.1, 0.15) is 0 Å². The van der Waals surface area contributed by atoms with Crippen LogP contribution in [0.2, 0.25) is 0 Å². The zero-order valence-electron chi connectivity index (χ0n) is 15.9. The molecule has 2 fully saturated rings. The molecule has 0 aromatic heterocycles. The van der Waals surface area contributed by atoms with Crippen LogP contribution >= 0.6 is 0 Å². The van der Waals surface area contributed by atoms with Crippen molar-refractivity contribution < 1.29 is 4.79 Å². The van der Waals surface area contributed by atoms with E-state index in [2.05, 4.69) is 18.8 Å². The Bertz CT molecular complexity index is 362. The normalized spacial score (nSPS) is 30.7. The zero-order valence-corrected chi connectivity index (χ0v) is 15.9. The number of rotatable bonds is 9. The van der Waals surface area contributed by atoms with Crippen molar-refractivity contribution in [2.75, 3.05) is 0 Å². The van der Waals surface area contributed by atoms with E-state index in [1.165, 1.54) is 83.1 Å². The van der Waals surface area contributed by atoms with Gasteiger partial charge in [0.25, 0.3) is 0 Å². The first-order valence-electron chi connectivity index (χ1n) is 10.6. The summed E-state index contributed by atoms with van der Waals surface area (Å²) >= 11 is 0. The Morgan fingerprint density at radius 2 is 1.38 bits per heavy atom. The second-order valence-corrected chi connectivity index (χ2v) is 8.39. The van der Waals surface area contributed by atoms with Gasteiger partial charge in [-0.05, 0) is 49.5 Å². The topological polar surface area (TPSA) is 29.1 Å². The summed E-state index contributed by atoms with van der Waals surface area (Å²) in [5, 5.41) is 3.06. The van der Waals surface area contributed by atoms with E-state index in [-0.39, 0.29) is 5.91 Å². The summed E-state index contributed by atoms with van der Waals surface area (Å²) in [5.41, 5.74) is 0. The molecule has 0 spiro atoms. The van der Waals surface area contributed by atoms with E-state index in [1.807, 2.05) is 0 Å². The van der Waals surface area contributed by atoms with Crippen LogP contribution in [0.3, 0.4) is 0 Å². The second-order valence-electron chi connectivity index (χ2n) is 8.39. The Labute approximate surface area is 149 Å². The monoisotopic (exact) mass is 333 g/mol. The van der Waals surface area contributed by atoms with E-state index >= 15 is 0 Å². The molecular formula is C22H39NO. The Balaban J connectivity index is 1.54. The largest absolute Gasteiger partial charge is 0.350 e. The third kappa shape index (κ3) is 6.99. The molecule has 138 valence electrons. The van der Waals surface area contributed by atoms with E-state index in [9.17, 15) is 4.79 Å². The summed E-state index contributed by atoms with van der Waals surface area (Å²) in [6.07, 6.45) is 20.9. The van der Waals surface area contributed by atoms with Crippen LogP contribution in [-0.2, 0) is 4.79 Å². The van der Waals surface area contributed by atoms with Crippen molar-refractivity contribution in [3.8, 4) is 0 Å². The highest BCUT2D eigenvalue weighted by atomic mass is 16.1. The fraction of sp³-hybridized carbons (Fsp3) is 0.864. The minimum absolute atomic E-state index is 0.00542. The fourth-order valence-electron chi connectivity index (χ4n) is 4.82. The van der Waals surface area contributed by atoms with Gasteiger partial charge in [-0.3, -0.25) is 4.79 Å². The highest BCUT2D eigenvalue weighted by Gasteiger charge is 2.25. The molecule has 1 amide bonds. The summed E-state index contributed by atoms with van der Waals surface area (Å²) in [6.45, 7) is 5.84. The van der Waals surface area contributed by atoms with Gasteiger partial charge in [-0.1, -0.05) is 77.7 Å². The Morgan fingerprint density at radius 1 is 0.875 bits per heavy atom. The summed E-state index contributed by atoms with van der Waals surface area (Å²) in [7, 11) is 0. The maximum Gasteiger partial charge on any atom is 0.243 e. The van der Waals surface area contributed by atoms with Gasteiger partial charge >= 0.3 is 0 Å². The molecule has 2 rings (SSSR count). The predicted molar refractivity (Wildman–Crippen MR) is 103 cm³/mol. The lowest BCUT2D eigenvalue weighted by Gasteiger charge is -2.32. The Morgan fingerprint density at radius 3 is 1.88 bits per heavy atom. The highest BCUT2D eigenvalue weighted by molar-refractivity contribution is 5.87. The molecule has 0 aromatic rings. The van der Waals surface area contributed by atoms with Crippen LogP contribution < -0.4 is 5.32 Å². The van der Waals surface area contributed by atoms with Gasteiger partial charge in [0, 0.05) is 6.04 Å². The molecule has 0 atom stereocenters. The van der Waals surface area contributed by atoms with Crippen molar-refractivity contribution >= 4 is 5.91 Å². The molecule has 2 nitrogen and oxygen atoms in total. The van der Waals surface area contributed by atoms with Crippen molar-refractivity contribution in [3.63, 3.8) is 0 Å². The number of amides is 1. The summed E-state index contributed by atoms with van der Waals surface area (Å²) in [4.78, 5) is 11.4. The van der Waals surface area contributed by atoms with Crippen molar-refractivity contribution in [3.05, 3.63) is 12.7 Å². The van der Waals surface area contributed by atoms with Gasteiger partial charge in [0.2, 0.25) is 5.91 Å². The number of hydrogen-bond acceptors (Lipinski definition) is 1. The van der Waals surface area contributed by atoms with Crippen LogP contribution in [0.5, 0.6) is 0 Å². The predicted octanol–water partition coefficient (Wildman–Crippen LogP) is 6.01. The van der Waals surface area contributed by atoms with Gasteiger partial charge in [-0.15, -0.1) is 0 Å². The van der Waals surface area contributed by atoms with Crippen LogP contribution in [0, 0.1) is 17.8 Å². The third-order valence-corrected chi connectivity index (χ3v) is 6.54. The second kappa shape index (κ2) is 10.9. The molecule has 0 radical (unpaired) electrons. The average Bonchev–Trinajstić information content (AvgIpc) is 2.62. The lowest BCUT2D eigenvalue weighted by atomic mass is 9.75. The summed E-state index contributed by atoms with van der Waals surface area (Å²) in [5.74, 6) is 2.95. The standard InChI is InChI=1S/C22H39NO/c1-3-5-6-7-18-8-10-19(11-9-18)12-13-20-14-16-21(17-15-20)23-22(24)4-2/h4,18-21H,2-3,5-17H2,1H3,(H,23,24). The average molecular weight is 334 g/mol. The molecule has 2 aliphatic carbocycles. The van der Waals surface area contributed by atoms with Gasteiger partial charge in [0.15, 0.2) is 0 Å². The SMILES string of the molecule is C=CC(=O)NC1CCC(CCC2CCC(CCCCC)CC2)CC1. The zero-order chi connectivity index (χ0) is 17.2. The van der Waals surface area contributed by atoms with Crippen LogP contribution in [0.25, 0.3) is 0 Å². The number of carbonyl (C=O) groups is 1. The first kappa shape index (κ1) is 19.5. The van der Waals surface area contributed by atoms with Gasteiger partial charge in [-0.2, -0.15) is 0 Å². The minimum atomic E-state index is -0.00542. The number of hydrogen-bond donors (Lipinski definition) is 1. The van der Waals surface area contributed by atoms with E-state index in [0.29, 0.717) is 6.04 Å². The molecule has 0 bridgehead atoms. The van der Waals surface area contributed by atoms with Crippen molar-refractivity contribution in [2.24, 2.45) is 17.8 Å². The minimum Gasteiger partial charge on any atom is -0.350 e. The Hall–Kier alpha value is -0.790. The maximum atomic E-state index is 11.4. The van der Waals surface area contributed by atoms with Crippen molar-refractivity contribution in [1.29, 1.82) is 0 Å². The van der Waals surface area contributed by atoms with Crippen LogP contribution in [0.4, 0.5) is 0 Å². The first-order valence-corrected chi connectivity index (χ1v) is 10.6. The van der Waals surface area contributed by atoms with Crippen molar-refractivity contribution in [2.45, 2.75) is 103 Å². The molecule has 0 saturated heterocycles. The molecule has 0 aromatic carbocycles. The molecular weight excluding hydrogens is 294 g/mol. The number of carbonyl (C=O) groups excluding carboxylic acids is 1. The van der Waals surface area contributed by atoms with Gasteiger partial charge < -0.3 is 5.32 Å². The lowest BCUT2D eigenvalue weighted by Crippen LogP contribution is -2.36. The fourth-order valence-corrected chi connectivity index (χ4v) is 4.82. The van der Waals surface area contributed by atoms with Crippen LogP contribution in [-0.4, -0.2) is 11.9 Å². The number of unbranched alkanes of at least 4 members (excludes halogenated alkanes) is 2. The molecule has 0 aliphatic heterocycles. The molecule has 2 heteroatoms. The molecule has 1 N–H and O–H groups in total. The molecule has 0 unspecified atom stereocenters. The molecule has 0 heterocycles. The smallest absolute Gasteiger partial charge is 0.243 e. The maximum absolute atomic E-state index is 11.4. The van der Waals surface area contributed by atoms with E-state index in [0.717, 1.165) is 30.6 Å². The molecule has 24 heavy (non-hydrogen) atoms. The molecule has 2 saturated carbocycles. The third-order valence-electron chi connectivity index (χ3n) is 6.54. The molecule has 2 aliphatic rings. The first-order chi connectivity index (χ1) is 11.7. The highest BCUT2D eigenvalue weighted by Crippen LogP contribution is 2.36. The number of nitrogens with one attached hydrogen (secondary N) is 1. The van der Waals surface area contributed by atoms with Gasteiger partial charge in [0.05, 0.1) is 0 Å². The van der Waals surface area contributed by atoms with Gasteiger partial charge in [-0.25, -0.2) is 0 Å². The van der Waals surface area contributed by atoms with E-state index in [4.69, 9.17) is 0 Å².